The number of nitriles is 1. The molecule has 2 aromatic rings. The van der Waals surface area contributed by atoms with Crippen molar-refractivity contribution in [3.05, 3.63) is 64.1 Å². The average molecular weight is 394 g/mol. The quantitative estimate of drug-likeness (QED) is 0.721. The number of aryl methyl sites for hydroxylation is 1. The topological polar surface area (TPSA) is 67.2 Å². The molecule has 2 rings (SSSR count). The third-order valence-corrected chi connectivity index (χ3v) is 5.35. The Labute approximate surface area is 145 Å². The summed E-state index contributed by atoms with van der Waals surface area (Å²) in [4.78, 5) is 0.0826. The Morgan fingerprint density at radius 2 is 1.70 bits per heavy atom. The molecule has 2 aromatic carbocycles. The molecule has 0 fully saturated rings. The summed E-state index contributed by atoms with van der Waals surface area (Å²) in [5, 5.41) is 9.48. The molecule has 0 bridgehead atoms. The van der Waals surface area contributed by atoms with Gasteiger partial charge in [-0.05, 0) is 43.7 Å². The Morgan fingerprint density at radius 3 is 2.22 bits per heavy atom. The Balaban J connectivity index is 2.21. The van der Waals surface area contributed by atoms with Crippen LogP contribution in [0.1, 0.15) is 18.1 Å². The van der Waals surface area contributed by atoms with Crippen LogP contribution in [0.3, 0.4) is 0 Å². The van der Waals surface area contributed by atoms with Gasteiger partial charge in [-0.15, -0.1) is 0 Å². The second-order valence-electron chi connectivity index (χ2n) is 5.48. The molecule has 6 heteroatoms. The van der Waals surface area contributed by atoms with Crippen molar-refractivity contribution in [3.63, 3.8) is 0 Å². The Morgan fingerprint density at radius 1 is 1.13 bits per heavy atom. The predicted octanol–water partition coefficient (Wildman–Crippen LogP) is 3.94. The van der Waals surface area contributed by atoms with Crippen LogP contribution >= 0.6 is 15.9 Å². The summed E-state index contributed by atoms with van der Waals surface area (Å²) in [6.45, 7) is 3.28. The fraction of sp³-hybridized carbons (Fsp3) is 0.235. The molecule has 23 heavy (non-hydrogen) atoms. The lowest BCUT2D eigenvalue weighted by molar-refractivity contribution is 0.267. The van der Waals surface area contributed by atoms with E-state index in [-0.39, 0.29) is 11.5 Å². The Kier molecular flexibility index (Phi) is 5.25. The lowest BCUT2D eigenvalue weighted by Gasteiger charge is -2.21. The molecular formula is C17H16BrNO3S. The molecule has 1 atom stereocenters. The summed E-state index contributed by atoms with van der Waals surface area (Å²) in [6, 6.07) is 15.7. The van der Waals surface area contributed by atoms with Crippen LogP contribution in [0.2, 0.25) is 0 Å². The minimum atomic E-state index is -3.90. The van der Waals surface area contributed by atoms with E-state index in [1.54, 1.807) is 43.3 Å². The van der Waals surface area contributed by atoms with Crippen LogP contribution in [0.5, 0.6) is 0 Å². The van der Waals surface area contributed by atoms with Gasteiger partial charge < -0.3 is 0 Å². The van der Waals surface area contributed by atoms with Gasteiger partial charge in [0, 0.05) is 4.47 Å². The largest absolute Gasteiger partial charge is 0.297 e. The third kappa shape index (κ3) is 4.20. The van der Waals surface area contributed by atoms with Gasteiger partial charge in [-0.25, -0.2) is 0 Å². The molecule has 120 valence electrons. The number of hydrogen-bond donors (Lipinski definition) is 0. The molecule has 0 amide bonds. The Hall–Kier alpha value is -1.68. The first-order chi connectivity index (χ1) is 10.8. The standard InChI is InChI=1S/C17H16BrNO3S/c1-13-3-9-16(10-4-13)23(20,21)22-12-17(2,11-19)14-5-7-15(18)8-6-14/h3-10H,12H2,1-2H3. The second kappa shape index (κ2) is 6.83. The highest BCUT2D eigenvalue weighted by atomic mass is 79.9. The lowest BCUT2D eigenvalue weighted by Crippen LogP contribution is -2.28. The normalized spacial score (nSPS) is 14.0. The highest BCUT2D eigenvalue weighted by molar-refractivity contribution is 9.10. The van der Waals surface area contributed by atoms with Crippen LogP contribution in [0.25, 0.3) is 0 Å². The summed E-state index contributed by atoms with van der Waals surface area (Å²) < 4.78 is 30.5. The zero-order valence-corrected chi connectivity index (χ0v) is 15.2. The maximum absolute atomic E-state index is 12.3. The van der Waals surface area contributed by atoms with Gasteiger partial charge in [0.1, 0.15) is 5.41 Å². The van der Waals surface area contributed by atoms with Crippen molar-refractivity contribution in [2.24, 2.45) is 0 Å². The van der Waals surface area contributed by atoms with E-state index >= 15 is 0 Å². The molecule has 0 aliphatic carbocycles. The van der Waals surface area contributed by atoms with Crippen molar-refractivity contribution in [1.82, 2.24) is 0 Å². The van der Waals surface area contributed by atoms with Gasteiger partial charge in [-0.3, -0.25) is 4.18 Å². The lowest BCUT2D eigenvalue weighted by atomic mass is 9.85. The zero-order valence-electron chi connectivity index (χ0n) is 12.8. The number of nitrogens with zero attached hydrogens (tertiary/aromatic N) is 1. The van der Waals surface area contributed by atoms with E-state index in [1.807, 2.05) is 6.92 Å². The molecule has 0 heterocycles. The van der Waals surface area contributed by atoms with E-state index in [4.69, 9.17) is 4.18 Å². The smallest absolute Gasteiger partial charge is 0.264 e. The number of benzene rings is 2. The van der Waals surface area contributed by atoms with Gasteiger partial charge in [0.05, 0.1) is 17.6 Å². The fourth-order valence-electron chi connectivity index (χ4n) is 1.97. The monoisotopic (exact) mass is 393 g/mol. The van der Waals surface area contributed by atoms with Gasteiger partial charge in [0.15, 0.2) is 0 Å². The highest BCUT2D eigenvalue weighted by Gasteiger charge is 2.30. The van der Waals surface area contributed by atoms with E-state index in [2.05, 4.69) is 22.0 Å². The molecule has 0 saturated heterocycles. The Bertz CT molecular complexity index is 824. The summed E-state index contributed by atoms with van der Waals surface area (Å²) in [6.07, 6.45) is 0. The van der Waals surface area contributed by atoms with Crippen molar-refractivity contribution in [3.8, 4) is 6.07 Å². The molecule has 0 aliphatic rings. The van der Waals surface area contributed by atoms with Crippen LogP contribution in [0.4, 0.5) is 0 Å². The van der Waals surface area contributed by atoms with E-state index in [0.29, 0.717) is 5.56 Å². The SMILES string of the molecule is Cc1ccc(S(=O)(=O)OCC(C)(C#N)c2ccc(Br)cc2)cc1. The first-order valence-electron chi connectivity index (χ1n) is 6.90. The van der Waals surface area contributed by atoms with E-state index in [9.17, 15) is 13.7 Å². The zero-order chi connectivity index (χ0) is 17.1. The van der Waals surface area contributed by atoms with Gasteiger partial charge in [0.2, 0.25) is 0 Å². The molecule has 0 aliphatic heterocycles. The number of rotatable bonds is 5. The van der Waals surface area contributed by atoms with Crippen molar-refractivity contribution < 1.29 is 12.6 Å². The number of halogens is 1. The minimum Gasteiger partial charge on any atom is -0.264 e. The first kappa shape index (κ1) is 17.7. The van der Waals surface area contributed by atoms with Gasteiger partial charge in [-0.1, -0.05) is 45.8 Å². The van der Waals surface area contributed by atoms with E-state index in [1.165, 1.54) is 12.1 Å². The van der Waals surface area contributed by atoms with Crippen LogP contribution in [-0.4, -0.2) is 15.0 Å². The first-order valence-corrected chi connectivity index (χ1v) is 9.10. The van der Waals surface area contributed by atoms with Crippen molar-refractivity contribution in [2.45, 2.75) is 24.2 Å². The molecule has 0 aromatic heterocycles. The van der Waals surface area contributed by atoms with Crippen LogP contribution in [0, 0.1) is 18.3 Å². The number of hydrogen-bond acceptors (Lipinski definition) is 4. The minimum absolute atomic E-state index is 0.0826. The van der Waals surface area contributed by atoms with Crippen molar-refractivity contribution in [2.75, 3.05) is 6.61 Å². The van der Waals surface area contributed by atoms with E-state index in [0.717, 1.165) is 10.0 Å². The van der Waals surface area contributed by atoms with Crippen LogP contribution in [-0.2, 0) is 19.7 Å². The highest BCUT2D eigenvalue weighted by Crippen LogP contribution is 2.27. The summed E-state index contributed by atoms with van der Waals surface area (Å²) in [5.74, 6) is 0. The molecule has 4 nitrogen and oxygen atoms in total. The summed E-state index contributed by atoms with van der Waals surface area (Å²) >= 11 is 3.33. The molecular weight excluding hydrogens is 378 g/mol. The fourth-order valence-corrected chi connectivity index (χ4v) is 3.23. The van der Waals surface area contributed by atoms with Gasteiger partial charge >= 0.3 is 0 Å². The maximum atomic E-state index is 12.3. The molecule has 0 N–H and O–H groups in total. The molecule has 0 spiro atoms. The average Bonchev–Trinajstić information content (AvgIpc) is 2.54. The van der Waals surface area contributed by atoms with Crippen molar-refractivity contribution >= 4 is 26.0 Å². The third-order valence-electron chi connectivity index (χ3n) is 3.54. The maximum Gasteiger partial charge on any atom is 0.297 e. The molecule has 0 saturated carbocycles. The molecule has 0 radical (unpaired) electrons. The summed E-state index contributed by atoms with van der Waals surface area (Å²) in [7, 11) is -3.90. The van der Waals surface area contributed by atoms with Gasteiger partial charge in [0.25, 0.3) is 10.1 Å². The second-order valence-corrected chi connectivity index (χ2v) is 8.01. The predicted molar refractivity (Wildman–Crippen MR) is 91.4 cm³/mol. The molecule has 1 unspecified atom stereocenters. The van der Waals surface area contributed by atoms with Crippen LogP contribution < -0.4 is 0 Å². The van der Waals surface area contributed by atoms with Crippen molar-refractivity contribution in [1.29, 1.82) is 5.26 Å². The summed E-state index contributed by atoms with van der Waals surface area (Å²) in [5.41, 5.74) is 0.598. The van der Waals surface area contributed by atoms with Crippen LogP contribution in [0.15, 0.2) is 57.9 Å². The van der Waals surface area contributed by atoms with Gasteiger partial charge in [-0.2, -0.15) is 13.7 Å². The van der Waals surface area contributed by atoms with E-state index < -0.39 is 15.5 Å².